The zero-order valence-electron chi connectivity index (χ0n) is 9.88. The highest BCUT2D eigenvalue weighted by atomic mass is 16.1. The van der Waals surface area contributed by atoms with E-state index in [2.05, 4.69) is 29.5 Å². The number of carbonyl (C=O) groups is 1. The summed E-state index contributed by atoms with van der Waals surface area (Å²) >= 11 is 0. The standard InChI is InChI=1S/C11H23N3O/c1-3-14(2)7-6-13-11(15)9-12-8-10-4-5-10/h10,12H,3-9H2,1-2H3,(H,13,15). The van der Waals surface area contributed by atoms with Gasteiger partial charge < -0.3 is 15.5 Å². The molecule has 1 saturated carbocycles. The zero-order chi connectivity index (χ0) is 11.1. The molecule has 15 heavy (non-hydrogen) atoms. The molecular formula is C11H23N3O. The average Bonchev–Trinajstić information content (AvgIpc) is 3.01. The molecule has 0 heterocycles. The Labute approximate surface area is 92.4 Å². The van der Waals surface area contributed by atoms with Crippen molar-refractivity contribution in [3.05, 3.63) is 0 Å². The summed E-state index contributed by atoms with van der Waals surface area (Å²) in [6.07, 6.45) is 2.66. The molecule has 1 aliphatic rings. The smallest absolute Gasteiger partial charge is 0.234 e. The summed E-state index contributed by atoms with van der Waals surface area (Å²) in [5.74, 6) is 0.948. The van der Waals surface area contributed by atoms with Crippen molar-refractivity contribution >= 4 is 5.91 Å². The van der Waals surface area contributed by atoms with E-state index in [-0.39, 0.29) is 5.91 Å². The van der Waals surface area contributed by atoms with Gasteiger partial charge in [0.1, 0.15) is 0 Å². The van der Waals surface area contributed by atoms with Gasteiger partial charge in [-0.1, -0.05) is 6.92 Å². The Balaban J connectivity index is 1.88. The second kappa shape index (κ2) is 6.80. The summed E-state index contributed by atoms with van der Waals surface area (Å²) in [7, 11) is 2.05. The van der Waals surface area contributed by atoms with E-state index < -0.39 is 0 Å². The third-order valence-electron chi connectivity index (χ3n) is 2.77. The first kappa shape index (κ1) is 12.5. The Bertz CT molecular complexity index is 192. The molecule has 0 unspecified atom stereocenters. The summed E-state index contributed by atoms with van der Waals surface area (Å²) in [6.45, 7) is 6.27. The predicted octanol–water partition coefficient (Wildman–Crippen LogP) is 0.0539. The van der Waals surface area contributed by atoms with Crippen molar-refractivity contribution in [1.82, 2.24) is 15.5 Å². The molecule has 0 aromatic rings. The van der Waals surface area contributed by atoms with Crippen LogP contribution in [0.5, 0.6) is 0 Å². The summed E-state index contributed by atoms with van der Waals surface area (Å²) in [4.78, 5) is 13.5. The largest absolute Gasteiger partial charge is 0.354 e. The van der Waals surface area contributed by atoms with Gasteiger partial charge in [0.2, 0.25) is 5.91 Å². The molecule has 1 fully saturated rings. The summed E-state index contributed by atoms with van der Waals surface area (Å²) < 4.78 is 0. The topological polar surface area (TPSA) is 44.4 Å². The predicted molar refractivity (Wildman–Crippen MR) is 61.8 cm³/mol. The molecule has 1 aliphatic carbocycles. The Morgan fingerprint density at radius 2 is 2.20 bits per heavy atom. The van der Waals surface area contributed by atoms with Crippen molar-refractivity contribution in [3.8, 4) is 0 Å². The van der Waals surface area contributed by atoms with Crippen molar-refractivity contribution in [2.45, 2.75) is 19.8 Å². The average molecular weight is 213 g/mol. The van der Waals surface area contributed by atoms with Crippen LogP contribution < -0.4 is 10.6 Å². The maximum absolute atomic E-state index is 11.3. The van der Waals surface area contributed by atoms with Gasteiger partial charge in [-0.3, -0.25) is 4.79 Å². The van der Waals surface area contributed by atoms with Crippen LogP contribution in [0.4, 0.5) is 0 Å². The number of amides is 1. The number of hydrogen-bond acceptors (Lipinski definition) is 3. The molecule has 0 spiro atoms. The van der Waals surface area contributed by atoms with Crippen LogP contribution in [0, 0.1) is 5.92 Å². The van der Waals surface area contributed by atoms with Crippen LogP contribution in [0.25, 0.3) is 0 Å². The van der Waals surface area contributed by atoms with Crippen LogP contribution in [0.15, 0.2) is 0 Å². The zero-order valence-corrected chi connectivity index (χ0v) is 9.88. The number of carbonyl (C=O) groups excluding carboxylic acids is 1. The molecule has 1 amide bonds. The molecule has 4 heteroatoms. The minimum atomic E-state index is 0.111. The second-order valence-corrected chi connectivity index (χ2v) is 4.32. The lowest BCUT2D eigenvalue weighted by Gasteiger charge is -2.14. The molecule has 0 aliphatic heterocycles. The third-order valence-corrected chi connectivity index (χ3v) is 2.77. The first-order chi connectivity index (χ1) is 7.22. The van der Waals surface area contributed by atoms with E-state index in [1.807, 2.05) is 0 Å². The first-order valence-electron chi connectivity index (χ1n) is 5.88. The molecule has 0 aromatic carbocycles. The van der Waals surface area contributed by atoms with Crippen molar-refractivity contribution < 1.29 is 4.79 Å². The van der Waals surface area contributed by atoms with Crippen LogP contribution in [0.3, 0.4) is 0 Å². The molecule has 4 nitrogen and oxygen atoms in total. The fourth-order valence-corrected chi connectivity index (χ4v) is 1.32. The minimum Gasteiger partial charge on any atom is -0.354 e. The van der Waals surface area contributed by atoms with Crippen LogP contribution >= 0.6 is 0 Å². The van der Waals surface area contributed by atoms with E-state index in [9.17, 15) is 4.79 Å². The Hall–Kier alpha value is -0.610. The summed E-state index contributed by atoms with van der Waals surface area (Å²) in [5, 5.41) is 6.07. The maximum atomic E-state index is 11.3. The lowest BCUT2D eigenvalue weighted by Crippen LogP contribution is -2.38. The van der Waals surface area contributed by atoms with Crippen LogP contribution in [-0.4, -0.2) is 50.6 Å². The first-order valence-corrected chi connectivity index (χ1v) is 5.88. The van der Waals surface area contributed by atoms with Gasteiger partial charge in [-0.15, -0.1) is 0 Å². The van der Waals surface area contributed by atoms with E-state index in [0.29, 0.717) is 6.54 Å². The lowest BCUT2D eigenvalue weighted by molar-refractivity contribution is -0.120. The van der Waals surface area contributed by atoms with Crippen molar-refractivity contribution in [2.75, 3.05) is 39.8 Å². The number of rotatable bonds is 8. The van der Waals surface area contributed by atoms with Gasteiger partial charge in [-0.25, -0.2) is 0 Å². The van der Waals surface area contributed by atoms with Gasteiger partial charge in [0.15, 0.2) is 0 Å². The van der Waals surface area contributed by atoms with Gasteiger partial charge in [0.25, 0.3) is 0 Å². The Morgan fingerprint density at radius 3 is 2.80 bits per heavy atom. The highest BCUT2D eigenvalue weighted by Crippen LogP contribution is 2.27. The maximum Gasteiger partial charge on any atom is 0.234 e. The molecule has 1 rings (SSSR count). The highest BCUT2D eigenvalue weighted by molar-refractivity contribution is 5.77. The van der Waals surface area contributed by atoms with Gasteiger partial charge in [-0.2, -0.15) is 0 Å². The molecular weight excluding hydrogens is 190 g/mol. The monoisotopic (exact) mass is 213 g/mol. The highest BCUT2D eigenvalue weighted by Gasteiger charge is 2.20. The van der Waals surface area contributed by atoms with Gasteiger partial charge >= 0.3 is 0 Å². The SMILES string of the molecule is CCN(C)CCNC(=O)CNCC1CC1. The molecule has 0 saturated heterocycles. The molecule has 2 N–H and O–H groups in total. The van der Waals surface area contributed by atoms with Crippen molar-refractivity contribution in [2.24, 2.45) is 5.92 Å². The molecule has 0 aromatic heterocycles. The molecule has 88 valence electrons. The number of nitrogens with one attached hydrogen (secondary N) is 2. The van der Waals surface area contributed by atoms with E-state index in [1.54, 1.807) is 0 Å². The van der Waals surface area contributed by atoms with E-state index in [1.165, 1.54) is 12.8 Å². The summed E-state index contributed by atoms with van der Waals surface area (Å²) in [5.41, 5.74) is 0. The van der Waals surface area contributed by atoms with Crippen LogP contribution in [0.2, 0.25) is 0 Å². The number of nitrogens with zero attached hydrogens (tertiary/aromatic N) is 1. The van der Waals surface area contributed by atoms with Gasteiger partial charge in [-0.05, 0) is 38.9 Å². The van der Waals surface area contributed by atoms with E-state index in [4.69, 9.17) is 0 Å². The van der Waals surface area contributed by atoms with Crippen LogP contribution in [0.1, 0.15) is 19.8 Å². The Morgan fingerprint density at radius 1 is 1.47 bits per heavy atom. The van der Waals surface area contributed by atoms with Crippen molar-refractivity contribution in [3.63, 3.8) is 0 Å². The number of likely N-dealkylation sites (N-methyl/N-ethyl adjacent to an activating group) is 1. The van der Waals surface area contributed by atoms with E-state index >= 15 is 0 Å². The number of hydrogen-bond donors (Lipinski definition) is 2. The minimum absolute atomic E-state index is 0.111. The summed E-state index contributed by atoms with van der Waals surface area (Å²) in [6, 6.07) is 0. The lowest BCUT2D eigenvalue weighted by atomic mass is 10.4. The molecule has 0 atom stereocenters. The van der Waals surface area contributed by atoms with Crippen LogP contribution in [-0.2, 0) is 4.79 Å². The van der Waals surface area contributed by atoms with Crippen molar-refractivity contribution in [1.29, 1.82) is 0 Å². The quantitative estimate of drug-likeness (QED) is 0.599. The van der Waals surface area contributed by atoms with E-state index in [0.717, 1.165) is 32.1 Å². The van der Waals surface area contributed by atoms with Gasteiger partial charge in [0, 0.05) is 13.1 Å². The van der Waals surface area contributed by atoms with Gasteiger partial charge in [0.05, 0.1) is 6.54 Å². The normalized spacial score (nSPS) is 15.7. The third kappa shape index (κ3) is 6.47. The Kier molecular flexibility index (Phi) is 5.65. The second-order valence-electron chi connectivity index (χ2n) is 4.32. The fraction of sp³-hybridized carbons (Fsp3) is 0.909. The molecule has 0 radical (unpaired) electrons. The molecule has 0 bridgehead atoms. The fourth-order valence-electron chi connectivity index (χ4n) is 1.32.